The minimum atomic E-state index is -1.07. The number of rotatable bonds is 4. The van der Waals surface area contributed by atoms with Crippen LogP contribution in [0.4, 0.5) is 0 Å². The highest BCUT2D eigenvalue weighted by molar-refractivity contribution is 5.41. The summed E-state index contributed by atoms with van der Waals surface area (Å²) in [6.45, 7) is 3.58. The first-order valence-electron chi connectivity index (χ1n) is 5.19. The number of hydrogen-bond donors (Lipinski definition) is 0. The van der Waals surface area contributed by atoms with Crippen molar-refractivity contribution in [3.63, 3.8) is 0 Å². The molecule has 2 heteroatoms. The van der Waals surface area contributed by atoms with E-state index in [1.165, 1.54) is 0 Å². The van der Waals surface area contributed by atoms with Gasteiger partial charge >= 0.3 is 0 Å². The van der Waals surface area contributed by atoms with Gasteiger partial charge in [0.15, 0.2) is 5.41 Å². The van der Waals surface area contributed by atoms with E-state index in [1.54, 1.807) is 6.08 Å². The molecule has 0 bridgehead atoms. The summed E-state index contributed by atoms with van der Waals surface area (Å²) < 4.78 is 0. The topological polar surface area (TPSA) is 47.6 Å². The zero-order chi connectivity index (χ0) is 12.7. The molecule has 82 valence electrons. The fraction of sp³-hybridized carbons (Fsp3) is 0.200. The van der Waals surface area contributed by atoms with Crippen molar-refractivity contribution in [2.45, 2.75) is 12.8 Å². The van der Waals surface area contributed by atoms with E-state index in [9.17, 15) is 0 Å². The molecule has 0 aliphatic rings. The van der Waals surface area contributed by atoms with Crippen LogP contribution in [0, 0.1) is 40.4 Å². The van der Waals surface area contributed by atoms with Crippen LogP contribution in [0.1, 0.15) is 17.5 Å². The lowest BCUT2D eigenvalue weighted by Crippen LogP contribution is -2.19. The van der Waals surface area contributed by atoms with Crippen LogP contribution in [0.15, 0.2) is 36.9 Å². The Hall–Kier alpha value is -2.50. The number of hydrogen-bond acceptors (Lipinski definition) is 2. The first-order chi connectivity index (χ1) is 8.21. The van der Waals surface area contributed by atoms with Crippen molar-refractivity contribution >= 4 is 0 Å². The molecule has 0 saturated carbocycles. The van der Waals surface area contributed by atoms with E-state index in [4.69, 9.17) is 16.9 Å². The van der Waals surface area contributed by atoms with Crippen LogP contribution in [0.25, 0.3) is 0 Å². The molecule has 0 atom stereocenters. The molecule has 0 aliphatic carbocycles. The maximum atomic E-state index is 9.16. The van der Waals surface area contributed by atoms with Crippen LogP contribution in [-0.2, 0) is 6.42 Å². The molecule has 0 unspecified atom stereocenters. The lowest BCUT2D eigenvalue weighted by Gasteiger charge is -2.17. The normalized spacial score (nSPS) is 9.71. The van der Waals surface area contributed by atoms with Crippen LogP contribution in [0.5, 0.6) is 0 Å². The summed E-state index contributed by atoms with van der Waals surface area (Å²) in [7, 11) is 0. The predicted molar refractivity (Wildman–Crippen MR) is 66.6 cm³/mol. The van der Waals surface area contributed by atoms with Crippen molar-refractivity contribution in [2.75, 3.05) is 0 Å². The summed E-state index contributed by atoms with van der Waals surface area (Å²) in [4.78, 5) is 0. The van der Waals surface area contributed by atoms with E-state index < -0.39 is 5.41 Å². The molecule has 0 amide bonds. The molecule has 1 aromatic rings. The quantitative estimate of drug-likeness (QED) is 0.578. The van der Waals surface area contributed by atoms with Gasteiger partial charge in [-0.1, -0.05) is 30.2 Å². The van der Waals surface area contributed by atoms with Gasteiger partial charge in [-0.2, -0.15) is 10.5 Å². The molecule has 0 radical (unpaired) electrons. The SMILES string of the molecule is C#Cc1ccccc1CC(C#N)(C#N)CC=C. The Labute approximate surface area is 102 Å². The highest BCUT2D eigenvalue weighted by Crippen LogP contribution is 2.27. The van der Waals surface area contributed by atoms with Crippen LogP contribution < -0.4 is 0 Å². The minimum Gasteiger partial charge on any atom is -0.197 e. The Morgan fingerprint density at radius 2 is 1.94 bits per heavy atom. The lowest BCUT2D eigenvalue weighted by molar-refractivity contribution is 0.526. The standard InChI is InChI=1S/C15H12N2/c1-3-9-15(11-16,12-17)10-14-8-6-5-7-13(14)4-2/h2-3,5-8H,1,9-10H2. The molecule has 17 heavy (non-hydrogen) atoms. The molecular weight excluding hydrogens is 208 g/mol. The maximum absolute atomic E-state index is 9.16. The molecule has 2 nitrogen and oxygen atoms in total. The average molecular weight is 220 g/mol. The number of nitrogens with zero attached hydrogens (tertiary/aromatic N) is 2. The van der Waals surface area contributed by atoms with Crippen molar-refractivity contribution in [2.24, 2.45) is 5.41 Å². The van der Waals surface area contributed by atoms with E-state index in [1.807, 2.05) is 24.3 Å². The smallest absolute Gasteiger partial charge is 0.151 e. The first-order valence-corrected chi connectivity index (χ1v) is 5.19. The van der Waals surface area contributed by atoms with Crippen LogP contribution in [0.2, 0.25) is 0 Å². The number of allylic oxidation sites excluding steroid dienone is 1. The van der Waals surface area contributed by atoms with E-state index in [2.05, 4.69) is 24.6 Å². The summed E-state index contributed by atoms with van der Waals surface area (Å²) >= 11 is 0. The Kier molecular flexibility index (Phi) is 4.10. The third kappa shape index (κ3) is 2.75. The van der Waals surface area contributed by atoms with E-state index in [-0.39, 0.29) is 0 Å². The second-order valence-electron chi connectivity index (χ2n) is 3.78. The van der Waals surface area contributed by atoms with Crippen molar-refractivity contribution < 1.29 is 0 Å². The van der Waals surface area contributed by atoms with Crippen LogP contribution >= 0.6 is 0 Å². The number of benzene rings is 1. The molecule has 0 aliphatic heterocycles. The average Bonchev–Trinajstić information content (AvgIpc) is 2.38. The third-order valence-electron chi connectivity index (χ3n) is 2.59. The molecule has 1 rings (SSSR count). The van der Waals surface area contributed by atoms with Gasteiger partial charge in [0.25, 0.3) is 0 Å². The highest BCUT2D eigenvalue weighted by atomic mass is 14.4. The molecule has 1 aromatic carbocycles. The minimum absolute atomic E-state index is 0.326. The Balaban J connectivity index is 3.13. The molecule has 0 aromatic heterocycles. The number of terminal acetylenes is 1. The molecule has 0 heterocycles. The van der Waals surface area contributed by atoms with E-state index in [0.29, 0.717) is 12.8 Å². The maximum Gasteiger partial charge on any atom is 0.151 e. The van der Waals surface area contributed by atoms with Crippen LogP contribution in [-0.4, -0.2) is 0 Å². The van der Waals surface area contributed by atoms with Crippen molar-refractivity contribution in [1.82, 2.24) is 0 Å². The molecule has 0 N–H and O–H groups in total. The Bertz CT molecular complexity index is 521. The second-order valence-corrected chi connectivity index (χ2v) is 3.78. The van der Waals surface area contributed by atoms with Gasteiger partial charge in [0.05, 0.1) is 12.1 Å². The zero-order valence-corrected chi connectivity index (χ0v) is 9.48. The van der Waals surface area contributed by atoms with Crippen molar-refractivity contribution in [3.8, 4) is 24.5 Å². The molecule has 0 fully saturated rings. The van der Waals surface area contributed by atoms with Gasteiger partial charge in [-0.05, 0) is 18.1 Å². The van der Waals surface area contributed by atoms with Gasteiger partial charge in [0.2, 0.25) is 0 Å². The summed E-state index contributed by atoms with van der Waals surface area (Å²) in [6, 6.07) is 11.5. The summed E-state index contributed by atoms with van der Waals surface area (Å²) in [5, 5.41) is 18.3. The van der Waals surface area contributed by atoms with Gasteiger partial charge in [-0.15, -0.1) is 13.0 Å². The summed E-state index contributed by atoms with van der Waals surface area (Å²) in [6.07, 6.45) is 7.64. The lowest BCUT2D eigenvalue weighted by atomic mass is 9.80. The Morgan fingerprint density at radius 3 is 2.47 bits per heavy atom. The van der Waals surface area contributed by atoms with Gasteiger partial charge in [-0.25, -0.2) is 0 Å². The third-order valence-corrected chi connectivity index (χ3v) is 2.59. The zero-order valence-electron chi connectivity index (χ0n) is 9.48. The van der Waals surface area contributed by atoms with Crippen LogP contribution in [0.3, 0.4) is 0 Å². The van der Waals surface area contributed by atoms with Gasteiger partial charge in [0, 0.05) is 12.0 Å². The van der Waals surface area contributed by atoms with E-state index in [0.717, 1.165) is 11.1 Å². The van der Waals surface area contributed by atoms with Crippen molar-refractivity contribution in [3.05, 3.63) is 48.0 Å². The molecule has 0 spiro atoms. The van der Waals surface area contributed by atoms with Gasteiger partial charge in [-0.3, -0.25) is 0 Å². The van der Waals surface area contributed by atoms with Crippen molar-refractivity contribution in [1.29, 1.82) is 10.5 Å². The Morgan fingerprint density at radius 1 is 1.29 bits per heavy atom. The van der Waals surface area contributed by atoms with E-state index >= 15 is 0 Å². The monoisotopic (exact) mass is 220 g/mol. The molecular formula is C15H12N2. The fourth-order valence-corrected chi connectivity index (χ4v) is 1.65. The fourth-order valence-electron chi connectivity index (χ4n) is 1.65. The number of nitriles is 2. The largest absolute Gasteiger partial charge is 0.197 e. The summed E-state index contributed by atoms with van der Waals surface area (Å²) in [5.74, 6) is 2.56. The highest BCUT2D eigenvalue weighted by Gasteiger charge is 2.29. The first kappa shape index (κ1) is 12.6. The van der Waals surface area contributed by atoms with Gasteiger partial charge in [0.1, 0.15) is 0 Å². The second kappa shape index (κ2) is 5.55. The van der Waals surface area contributed by atoms with Gasteiger partial charge < -0.3 is 0 Å². The summed E-state index contributed by atoms with van der Waals surface area (Å²) in [5.41, 5.74) is 0.501. The predicted octanol–water partition coefficient (Wildman–Crippen LogP) is 2.82. The molecule has 0 saturated heterocycles.